The number of hydrogen-bond acceptors (Lipinski definition) is 2. The van der Waals surface area contributed by atoms with Crippen molar-refractivity contribution in [2.24, 2.45) is 0 Å². The molecule has 0 aromatic heterocycles. The van der Waals surface area contributed by atoms with Crippen LogP contribution in [0.3, 0.4) is 0 Å². The summed E-state index contributed by atoms with van der Waals surface area (Å²) < 4.78 is 31.8. The van der Waals surface area contributed by atoms with E-state index in [1.165, 1.54) is 6.07 Å². The smallest absolute Gasteiger partial charge is 0.282 e. The van der Waals surface area contributed by atoms with E-state index in [2.05, 4.69) is 0 Å². The minimum Gasteiger partial charge on any atom is -0.282 e. The first-order chi connectivity index (χ1) is 7.82. The molecule has 0 amide bonds. The molecule has 2 aromatic rings. The first kappa shape index (κ1) is 12.1. The molecule has 0 atom stereocenters. The van der Waals surface area contributed by atoms with Crippen LogP contribution >= 0.6 is 0 Å². The fraction of sp³-hybridized carbons (Fsp3) is 0.231. The Bertz CT molecular complexity index is 700. The average molecular weight is 250 g/mol. The molecule has 0 heterocycles. The first-order valence-electron chi connectivity index (χ1n) is 5.29. The largest absolute Gasteiger partial charge is 0.295 e. The predicted molar refractivity (Wildman–Crippen MR) is 68.0 cm³/mol. The number of aryl methyl sites for hydroxylation is 3. The van der Waals surface area contributed by atoms with Crippen molar-refractivity contribution < 1.29 is 13.0 Å². The molecule has 3 nitrogen and oxygen atoms in total. The van der Waals surface area contributed by atoms with E-state index in [1.807, 2.05) is 26.8 Å². The van der Waals surface area contributed by atoms with Crippen LogP contribution in [0.25, 0.3) is 10.8 Å². The number of fused-ring (bicyclic) bond motifs is 1. The standard InChI is InChI=1S/C13H14O3S/c1-8-4-6-11-12(17(14,15)16)7-5-9(2)13(11)10(8)3/h4-7H,1-3H3,(H,14,15,16). The van der Waals surface area contributed by atoms with Crippen LogP contribution in [-0.2, 0) is 10.1 Å². The van der Waals surface area contributed by atoms with Gasteiger partial charge in [-0.1, -0.05) is 18.2 Å². The van der Waals surface area contributed by atoms with Crippen molar-refractivity contribution in [3.8, 4) is 0 Å². The Kier molecular flexibility index (Phi) is 2.72. The van der Waals surface area contributed by atoms with Crippen LogP contribution in [0, 0.1) is 20.8 Å². The summed E-state index contributed by atoms with van der Waals surface area (Å²) in [5.41, 5.74) is 3.16. The molecular formula is C13H14O3S. The molecule has 0 bridgehead atoms. The van der Waals surface area contributed by atoms with Gasteiger partial charge in [-0.15, -0.1) is 0 Å². The van der Waals surface area contributed by atoms with Crippen LogP contribution in [0.15, 0.2) is 29.2 Å². The minimum absolute atomic E-state index is 0.0267. The van der Waals surface area contributed by atoms with Crippen LogP contribution in [0.5, 0.6) is 0 Å². The van der Waals surface area contributed by atoms with E-state index in [0.717, 1.165) is 22.1 Å². The van der Waals surface area contributed by atoms with E-state index in [1.54, 1.807) is 12.1 Å². The molecule has 0 unspecified atom stereocenters. The summed E-state index contributed by atoms with van der Waals surface area (Å²) in [7, 11) is -4.18. The molecule has 0 aliphatic heterocycles. The van der Waals surface area contributed by atoms with Gasteiger partial charge in [0, 0.05) is 5.39 Å². The van der Waals surface area contributed by atoms with Crippen molar-refractivity contribution in [3.63, 3.8) is 0 Å². The van der Waals surface area contributed by atoms with Crippen molar-refractivity contribution in [3.05, 3.63) is 41.0 Å². The van der Waals surface area contributed by atoms with Gasteiger partial charge in [-0.2, -0.15) is 8.42 Å². The Morgan fingerprint density at radius 3 is 2.12 bits per heavy atom. The van der Waals surface area contributed by atoms with E-state index in [9.17, 15) is 13.0 Å². The fourth-order valence-electron chi connectivity index (χ4n) is 2.13. The third kappa shape index (κ3) is 1.94. The quantitative estimate of drug-likeness (QED) is 0.791. The molecule has 0 saturated carbocycles. The SMILES string of the molecule is Cc1ccc2c(S(=O)(=O)O)ccc(C)c2c1C. The monoisotopic (exact) mass is 250 g/mol. The van der Waals surface area contributed by atoms with Gasteiger partial charge in [0.2, 0.25) is 0 Å². The van der Waals surface area contributed by atoms with E-state index in [4.69, 9.17) is 0 Å². The Morgan fingerprint density at radius 1 is 0.941 bits per heavy atom. The maximum atomic E-state index is 11.3. The zero-order chi connectivity index (χ0) is 12.8. The summed E-state index contributed by atoms with van der Waals surface area (Å²) >= 11 is 0. The molecule has 1 N–H and O–H groups in total. The van der Waals surface area contributed by atoms with Gasteiger partial charge in [0.15, 0.2) is 0 Å². The summed E-state index contributed by atoms with van der Waals surface area (Å²) in [6.07, 6.45) is 0. The van der Waals surface area contributed by atoms with Gasteiger partial charge in [0.1, 0.15) is 4.90 Å². The second-order valence-electron chi connectivity index (χ2n) is 4.29. The molecule has 2 aromatic carbocycles. The minimum atomic E-state index is -4.18. The third-order valence-electron chi connectivity index (χ3n) is 3.16. The lowest BCUT2D eigenvalue weighted by molar-refractivity contribution is 0.484. The topological polar surface area (TPSA) is 54.4 Å². The maximum Gasteiger partial charge on any atom is 0.295 e. The number of rotatable bonds is 1. The second-order valence-corrected chi connectivity index (χ2v) is 5.68. The van der Waals surface area contributed by atoms with Gasteiger partial charge >= 0.3 is 0 Å². The van der Waals surface area contributed by atoms with Crippen molar-refractivity contribution >= 4 is 20.9 Å². The van der Waals surface area contributed by atoms with E-state index >= 15 is 0 Å². The molecule has 0 fully saturated rings. The van der Waals surface area contributed by atoms with E-state index < -0.39 is 10.1 Å². The van der Waals surface area contributed by atoms with Crippen LogP contribution in [-0.4, -0.2) is 13.0 Å². The van der Waals surface area contributed by atoms with Crippen LogP contribution in [0.4, 0.5) is 0 Å². The van der Waals surface area contributed by atoms with Crippen molar-refractivity contribution in [1.82, 2.24) is 0 Å². The second kappa shape index (κ2) is 3.82. The van der Waals surface area contributed by atoms with Crippen LogP contribution in [0.1, 0.15) is 16.7 Å². The zero-order valence-corrected chi connectivity index (χ0v) is 10.8. The van der Waals surface area contributed by atoms with Crippen molar-refractivity contribution in [2.45, 2.75) is 25.7 Å². The van der Waals surface area contributed by atoms with Gasteiger partial charge < -0.3 is 0 Å². The molecule has 2 rings (SSSR count). The summed E-state index contributed by atoms with van der Waals surface area (Å²) in [6, 6.07) is 6.78. The lowest BCUT2D eigenvalue weighted by Gasteiger charge is -2.11. The Labute approximate surface area is 101 Å². The molecular weight excluding hydrogens is 236 g/mol. The van der Waals surface area contributed by atoms with Gasteiger partial charge in [-0.25, -0.2) is 0 Å². The highest BCUT2D eigenvalue weighted by Gasteiger charge is 2.16. The van der Waals surface area contributed by atoms with Gasteiger partial charge in [0.25, 0.3) is 10.1 Å². The van der Waals surface area contributed by atoms with Crippen LogP contribution in [0.2, 0.25) is 0 Å². The lowest BCUT2D eigenvalue weighted by Crippen LogP contribution is -2.00. The van der Waals surface area contributed by atoms with Crippen LogP contribution < -0.4 is 0 Å². The number of hydrogen-bond donors (Lipinski definition) is 1. The molecule has 0 radical (unpaired) electrons. The fourth-order valence-corrected chi connectivity index (χ4v) is 2.82. The Balaban J connectivity index is 3.04. The van der Waals surface area contributed by atoms with Crippen molar-refractivity contribution in [1.29, 1.82) is 0 Å². The zero-order valence-electron chi connectivity index (χ0n) is 9.98. The number of benzene rings is 2. The predicted octanol–water partition coefficient (Wildman–Crippen LogP) is 3.01. The Hall–Kier alpha value is -1.39. The summed E-state index contributed by atoms with van der Waals surface area (Å²) in [6.45, 7) is 5.87. The molecule has 0 aliphatic carbocycles. The highest BCUT2D eigenvalue weighted by atomic mass is 32.2. The summed E-state index contributed by atoms with van der Waals surface area (Å²) in [4.78, 5) is -0.0267. The molecule has 90 valence electrons. The first-order valence-corrected chi connectivity index (χ1v) is 6.73. The normalized spacial score (nSPS) is 12.0. The average Bonchev–Trinajstić information content (AvgIpc) is 2.21. The van der Waals surface area contributed by atoms with Gasteiger partial charge in [0.05, 0.1) is 0 Å². The third-order valence-corrected chi connectivity index (χ3v) is 4.07. The van der Waals surface area contributed by atoms with Gasteiger partial charge in [-0.05, 0) is 48.9 Å². The van der Waals surface area contributed by atoms with Crippen molar-refractivity contribution in [2.75, 3.05) is 0 Å². The summed E-state index contributed by atoms with van der Waals surface area (Å²) in [5, 5.41) is 1.48. The molecule has 0 saturated heterocycles. The van der Waals surface area contributed by atoms with E-state index in [0.29, 0.717) is 5.39 Å². The maximum absolute atomic E-state index is 11.3. The highest BCUT2D eigenvalue weighted by Crippen LogP contribution is 2.29. The lowest BCUT2D eigenvalue weighted by atomic mass is 9.97. The molecule has 4 heteroatoms. The summed E-state index contributed by atoms with van der Waals surface area (Å²) in [5.74, 6) is 0. The van der Waals surface area contributed by atoms with E-state index in [-0.39, 0.29) is 4.90 Å². The molecule has 17 heavy (non-hydrogen) atoms. The molecule has 0 spiro atoms. The Morgan fingerprint density at radius 2 is 1.53 bits per heavy atom. The highest BCUT2D eigenvalue weighted by molar-refractivity contribution is 7.86. The molecule has 0 aliphatic rings. The van der Waals surface area contributed by atoms with Gasteiger partial charge in [-0.3, -0.25) is 4.55 Å².